The van der Waals surface area contributed by atoms with Gasteiger partial charge in [0.15, 0.2) is 0 Å². The second-order valence-electron chi connectivity index (χ2n) is 4.02. The van der Waals surface area contributed by atoms with Crippen molar-refractivity contribution in [3.8, 4) is 11.8 Å². The number of hydrogen-bond donors (Lipinski definition) is 2. The highest BCUT2D eigenvalue weighted by Gasteiger charge is 2.03. The number of aliphatic hydroxyl groups excluding tert-OH is 2. The van der Waals surface area contributed by atoms with E-state index in [4.69, 9.17) is 0 Å². The van der Waals surface area contributed by atoms with Gasteiger partial charge in [-0.1, -0.05) is 37.5 Å². The zero-order chi connectivity index (χ0) is 10.2. The zero-order valence-corrected chi connectivity index (χ0v) is 8.71. The minimum absolute atomic E-state index is 0.538. The Bertz CT molecular complexity index is 182. The van der Waals surface area contributed by atoms with E-state index in [1.807, 2.05) is 0 Å². The molecule has 0 aromatic carbocycles. The lowest BCUT2D eigenvalue weighted by Crippen LogP contribution is -2.07. The lowest BCUT2D eigenvalue weighted by molar-refractivity contribution is 0.204. The van der Waals surface area contributed by atoms with Crippen molar-refractivity contribution in [3.05, 3.63) is 0 Å². The van der Waals surface area contributed by atoms with Crippen molar-refractivity contribution in [3.63, 3.8) is 0 Å². The van der Waals surface area contributed by atoms with Crippen LogP contribution >= 0.6 is 0 Å². The Morgan fingerprint density at radius 3 is 1.43 bits per heavy atom. The monoisotopic (exact) mass is 196 g/mol. The van der Waals surface area contributed by atoms with Crippen LogP contribution in [0.15, 0.2) is 0 Å². The highest BCUT2D eigenvalue weighted by molar-refractivity contribution is 5.08. The van der Waals surface area contributed by atoms with E-state index < -0.39 is 12.2 Å². The van der Waals surface area contributed by atoms with Crippen LogP contribution in [0.1, 0.15) is 51.4 Å². The van der Waals surface area contributed by atoms with Crippen LogP contribution in [0.2, 0.25) is 0 Å². The first-order chi connectivity index (χ1) is 6.79. The Morgan fingerprint density at radius 1 is 0.643 bits per heavy atom. The van der Waals surface area contributed by atoms with E-state index in [2.05, 4.69) is 11.8 Å². The highest BCUT2D eigenvalue weighted by Crippen LogP contribution is 2.11. The molecule has 0 amide bonds. The fourth-order valence-electron chi connectivity index (χ4n) is 1.72. The van der Waals surface area contributed by atoms with Crippen molar-refractivity contribution in [1.82, 2.24) is 0 Å². The van der Waals surface area contributed by atoms with Crippen LogP contribution < -0.4 is 0 Å². The molecule has 0 saturated heterocycles. The Morgan fingerprint density at radius 2 is 1.00 bits per heavy atom. The van der Waals surface area contributed by atoms with Gasteiger partial charge in [0.05, 0.1) is 0 Å². The summed E-state index contributed by atoms with van der Waals surface area (Å²) >= 11 is 0. The van der Waals surface area contributed by atoms with Crippen LogP contribution in [0.25, 0.3) is 0 Å². The summed E-state index contributed by atoms with van der Waals surface area (Å²) < 4.78 is 0. The second-order valence-corrected chi connectivity index (χ2v) is 4.02. The molecule has 1 rings (SSSR count). The summed E-state index contributed by atoms with van der Waals surface area (Å²) in [5.41, 5.74) is 0. The molecule has 0 aromatic rings. The predicted molar refractivity (Wildman–Crippen MR) is 56.7 cm³/mol. The van der Waals surface area contributed by atoms with Gasteiger partial charge in [0.25, 0.3) is 0 Å². The smallest absolute Gasteiger partial charge is 0.114 e. The molecule has 0 aromatic heterocycles. The summed E-state index contributed by atoms with van der Waals surface area (Å²) in [6.45, 7) is 0. The maximum Gasteiger partial charge on any atom is 0.114 e. The van der Waals surface area contributed by atoms with E-state index >= 15 is 0 Å². The summed E-state index contributed by atoms with van der Waals surface area (Å²) in [7, 11) is 0. The van der Waals surface area contributed by atoms with Crippen LogP contribution in [-0.2, 0) is 0 Å². The van der Waals surface area contributed by atoms with Crippen LogP contribution in [0.5, 0.6) is 0 Å². The number of hydrogen-bond acceptors (Lipinski definition) is 2. The topological polar surface area (TPSA) is 40.5 Å². The molecule has 1 aliphatic carbocycles. The maximum atomic E-state index is 9.43. The van der Waals surface area contributed by atoms with Crippen molar-refractivity contribution < 1.29 is 10.2 Å². The summed E-state index contributed by atoms with van der Waals surface area (Å²) in [4.78, 5) is 0. The average molecular weight is 196 g/mol. The quantitative estimate of drug-likeness (QED) is 0.580. The fraction of sp³-hybridized carbons (Fsp3) is 0.833. The van der Waals surface area contributed by atoms with E-state index in [1.165, 1.54) is 25.7 Å². The van der Waals surface area contributed by atoms with Gasteiger partial charge in [-0.3, -0.25) is 0 Å². The maximum absolute atomic E-state index is 9.43. The molecule has 80 valence electrons. The molecule has 0 fully saturated rings. The van der Waals surface area contributed by atoms with Gasteiger partial charge in [0.1, 0.15) is 12.2 Å². The molecule has 0 unspecified atom stereocenters. The minimum atomic E-state index is -0.538. The third-order valence-electron chi connectivity index (χ3n) is 2.62. The van der Waals surface area contributed by atoms with E-state index in [1.54, 1.807) is 0 Å². The van der Waals surface area contributed by atoms with Crippen molar-refractivity contribution in [2.24, 2.45) is 0 Å². The number of rotatable bonds is 0. The molecule has 2 nitrogen and oxygen atoms in total. The van der Waals surface area contributed by atoms with Gasteiger partial charge in [-0.05, 0) is 25.7 Å². The van der Waals surface area contributed by atoms with Crippen molar-refractivity contribution in [2.45, 2.75) is 63.6 Å². The first-order valence-electron chi connectivity index (χ1n) is 5.66. The van der Waals surface area contributed by atoms with E-state index in [9.17, 15) is 10.2 Å². The van der Waals surface area contributed by atoms with Gasteiger partial charge in [-0.2, -0.15) is 0 Å². The molecule has 0 spiro atoms. The normalized spacial score (nSPS) is 30.7. The fourth-order valence-corrected chi connectivity index (χ4v) is 1.72. The largest absolute Gasteiger partial charge is 0.380 e. The van der Waals surface area contributed by atoms with Gasteiger partial charge in [0.2, 0.25) is 0 Å². The lowest BCUT2D eigenvalue weighted by Gasteiger charge is -2.07. The van der Waals surface area contributed by atoms with Crippen molar-refractivity contribution in [2.75, 3.05) is 0 Å². The Balaban J connectivity index is 2.39. The molecule has 0 bridgehead atoms. The highest BCUT2D eigenvalue weighted by atomic mass is 16.3. The minimum Gasteiger partial charge on any atom is -0.380 e. The average Bonchev–Trinajstić information content (AvgIpc) is 2.17. The van der Waals surface area contributed by atoms with E-state index in [0.717, 1.165) is 25.7 Å². The van der Waals surface area contributed by atoms with Gasteiger partial charge >= 0.3 is 0 Å². The lowest BCUT2D eigenvalue weighted by atomic mass is 10.0. The Hall–Kier alpha value is -0.520. The zero-order valence-electron chi connectivity index (χ0n) is 8.71. The van der Waals surface area contributed by atoms with Gasteiger partial charge in [-0.25, -0.2) is 0 Å². The molecule has 0 saturated carbocycles. The SMILES string of the molecule is O[C@H]1C#C[C@H](O)CCCCCCCC1. The molecule has 2 atom stereocenters. The van der Waals surface area contributed by atoms with Crippen molar-refractivity contribution >= 4 is 0 Å². The van der Waals surface area contributed by atoms with E-state index in [0.29, 0.717) is 0 Å². The summed E-state index contributed by atoms with van der Waals surface area (Å²) in [6.07, 6.45) is 7.40. The Labute approximate surface area is 86.3 Å². The summed E-state index contributed by atoms with van der Waals surface area (Å²) in [6, 6.07) is 0. The molecule has 1 aliphatic rings. The first kappa shape index (κ1) is 11.6. The number of aliphatic hydroxyl groups is 2. The first-order valence-corrected chi connectivity index (χ1v) is 5.66. The summed E-state index contributed by atoms with van der Waals surface area (Å²) in [5, 5.41) is 18.9. The van der Waals surface area contributed by atoms with Gasteiger partial charge in [-0.15, -0.1) is 0 Å². The van der Waals surface area contributed by atoms with Crippen molar-refractivity contribution in [1.29, 1.82) is 0 Å². The van der Waals surface area contributed by atoms with Gasteiger partial charge < -0.3 is 10.2 Å². The molecule has 14 heavy (non-hydrogen) atoms. The van der Waals surface area contributed by atoms with Crippen LogP contribution in [0.3, 0.4) is 0 Å². The molecule has 0 heterocycles. The molecule has 0 aliphatic heterocycles. The summed E-state index contributed by atoms with van der Waals surface area (Å²) in [5.74, 6) is 5.41. The van der Waals surface area contributed by atoms with E-state index in [-0.39, 0.29) is 0 Å². The van der Waals surface area contributed by atoms with Crippen LogP contribution in [0, 0.1) is 11.8 Å². The Kier molecular flexibility index (Phi) is 5.66. The molecule has 0 radical (unpaired) electrons. The molecule has 2 heteroatoms. The van der Waals surface area contributed by atoms with Gasteiger partial charge in [0, 0.05) is 0 Å². The second kappa shape index (κ2) is 6.86. The van der Waals surface area contributed by atoms with Crippen LogP contribution in [-0.4, -0.2) is 22.4 Å². The molecule has 2 N–H and O–H groups in total. The molecular formula is C12H20O2. The predicted octanol–water partition coefficient (Wildman–Crippen LogP) is 1.85. The van der Waals surface area contributed by atoms with Crippen LogP contribution in [0.4, 0.5) is 0 Å². The third-order valence-corrected chi connectivity index (χ3v) is 2.62. The molecular weight excluding hydrogens is 176 g/mol. The standard InChI is InChI=1S/C12H20O2/c13-11-7-5-3-1-2-4-6-8-12(14)10-9-11/h11-14H,1-8H2/t11-,12-/m1/s1. The third kappa shape index (κ3) is 5.26.